The van der Waals surface area contributed by atoms with Crippen molar-refractivity contribution in [3.63, 3.8) is 0 Å². The van der Waals surface area contributed by atoms with Gasteiger partial charge in [-0.2, -0.15) is 0 Å². The van der Waals surface area contributed by atoms with Crippen molar-refractivity contribution in [2.24, 2.45) is 0 Å². The fraction of sp³-hybridized carbons (Fsp3) is 0.200. The molecule has 1 unspecified atom stereocenters. The normalized spacial score (nSPS) is 19.5. The van der Waals surface area contributed by atoms with E-state index in [9.17, 15) is 18.4 Å². The summed E-state index contributed by atoms with van der Waals surface area (Å²) in [5.41, 5.74) is -0.244. The lowest BCUT2D eigenvalue weighted by Crippen LogP contribution is -2.31. The maximum atomic E-state index is 13.2. The summed E-state index contributed by atoms with van der Waals surface area (Å²) in [5, 5.41) is 2.16. The molecule has 0 bridgehead atoms. The highest BCUT2D eigenvalue weighted by Crippen LogP contribution is 2.16. The van der Waals surface area contributed by atoms with Crippen molar-refractivity contribution < 1.29 is 23.1 Å². The van der Waals surface area contributed by atoms with Crippen LogP contribution in [0, 0.1) is 11.6 Å². The Kier molecular flexibility index (Phi) is 2.55. The number of rotatable bonds is 2. The van der Waals surface area contributed by atoms with E-state index in [1.807, 2.05) is 0 Å². The van der Waals surface area contributed by atoms with Crippen LogP contribution in [0.3, 0.4) is 0 Å². The summed E-state index contributed by atoms with van der Waals surface area (Å²) in [6.45, 7) is 0. The van der Waals surface area contributed by atoms with E-state index in [-0.39, 0.29) is 12.0 Å². The van der Waals surface area contributed by atoms with Crippen LogP contribution in [0.15, 0.2) is 18.2 Å². The minimum absolute atomic E-state index is 0.244. The van der Waals surface area contributed by atoms with Gasteiger partial charge < -0.3 is 10.1 Å². The van der Waals surface area contributed by atoms with Gasteiger partial charge >= 0.3 is 12.1 Å². The molecule has 0 radical (unpaired) electrons. The monoisotopic (exact) mass is 227 g/mol. The van der Waals surface area contributed by atoms with Crippen LogP contribution >= 0.6 is 0 Å². The van der Waals surface area contributed by atoms with Gasteiger partial charge in [-0.05, 0) is 12.1 Å². The zero-order valence-corrected chi connectivity index (χ0v) is 8.00. The quantitative estimate of drug-likeness (QED) is 0.609. The summed E-state index contributed by atoms with van der Waals surface area (Å²) in [5.74, 6) is -2.34. The molecule has 1 fully saturated rings. The number of carbonyl (C=O) groups is 2. The molecular formula is C10H7F2NO3. The molecule has 1 aromatic carbocycles. The summed E-state index contributed by atoms with van der Waals surface area (Å²) in [4.78, 5) is 21.7. The van der Waals surface area contributed by atoms with Crippen molar-refractivity contribution in [1.29, 1.82) is 0 Å². The maximum Gasteiger partial charge on any atom is 0.415 e. The number of halogens is 2. The Balaban J connectivity index is 2.21. The lowest BCUT2D eigenvalue weighted by Gasteiger charge is -2.07. The summed E-state index contributed by atoms with van der Waals surface area (Å²) >= 11 is 0. The van der Waals surface area contributed by atoms with Crippen molar-refractivity contribution in [3.05, 3.63) is 35.4 Å². The molecular weight excluding hydrogens is 220 g/mol. The summed E-state index contributed by atoms with van der Waals surface area (Å²) in [6, 6.07) is 2.36. The number of hydrogen-bond donors (Lipinski definition) is 1. The molecule has 1 aliphatic rings. The molecule has 0 aromatic heterocycles. The molecule has 0 saturated carbocycles. The predicted molar refractivity (Wildman–Crippen MR) is 48.5 cm³/mol. The zero-order chi connectivity index (χ0) is 11.7. The van der Waals surface area contributed by atoms with Gasteiger partial charge in [-0.3, -0.25) is 0 Å². The largest absolute Gasteiger partial charge is 0.415 e. The third-order valence-electron chi connectivity index (χ3n) is 2.24. The average Bonchev–Trinajstić information content (AvgIpc) is 2.51. The van der Waals surface area contributed by atoms with E-state index in [0.717, 1.165) is 12.1 Å². The Morgan fingerprint density at radius 3 is 2.38 bits per heavy atom. The van der Waals surface area contributed by atoms with Crippen LogP contribution in [0.4, 0.5) is 13.6 Å². The Labute approximate surface area is 89.2 Å². The van der Waals surface area contributed by atoms with Crippen molar-refractivity contribution in [2.75, 3.05) is 0 Å². The minimum atomic E-state index is -1.03. The van der Waals surface area contributed by atoms with Gasteiger partial charge in [0.15, 0.2) is 0 Å². The van der Waals surface area contributed by atoms with Gasteiger partial charge in [-0.25, -0.2) is 18.4 Å². The molecule has 84 valence electrons. The molecule has 6 heteroatoms. The maximum absolute atomic E-state index is 13.2. The topological polar surface area (TPSA) is 55.4 Å². The first kappa shape index (κ1) is 10.5. The van der Waals surface area contributed by atoms with Crippen LogP contribution in [0.1, 0.15) is 5.56 Å². The second-order valence-corrected chi connectivity index (χ2v) is 3.31. The van der Waals surface area contributed by atoms with E-state index >= 15 is 0 Å². The fourth-order valence-corrected chi connectivity index (χ4v) is 1.46. The van der Waals surface area contributed by atoms with Crippen LogP contribution in [-0.2, 0) is 16.0 Å². The lowest BCUT2D eigenvalue weighted by molar-refractivity contribution is -0.135. The van der Waals surface area contributed by atoms with Crippen molar-refractivity contribution in [2.45, 2.75) is 12.5 Å². The molecule has 2 rings (SSSR count). The van der Waals surface area contributed by atoms with Crippen LogP contribution in [-0.4, -0.2) is 18.1 Å². The van der Waals surface area contributed by atoms with E-state index < -0.39 is 29.7 Å². The second-order valence-electron chi connectivity index (χ2n) is 3.31. The van der Waals surface area contributed by atoms with Crippen LogP contribution in [0.2, 0.25) is 0 Å². The number of nitrogens with one attached hydrogen (secondary N) is 1. The molecule has 16 heavy (non-hydrogen) atoms. The molecule has 4 nitrogen and oxygen atoms in total. The first-order chi connectivity index (χ1) is 7.58. The molecule has 0 spiro atoms. The third-order valence-corrected chi connectivity index (χ3v) is 2.24. The number of carbonyl (C=O) groups excluding carboxylic acids is 2. The highest BCUT2D eigenvalue weighted by molar-refractivity contribution is 5.95. The molecule has 0 aliphatic carbocycles. The number of cyclic esters (lactones) is 2. The van der Waals surface area contributed by atoms with Gasteiger partial charge in [-0.1, -0.05) is 6.07 Å². The number of alkyl carbamates (subject to hydrolysis) is 1. The summed E-state index contributed by atoms with van der Waals surface area (Å²) in [6.07, 6.45) is -1.16. The number of ether oxygens (including phenoxy) is 1. The lowest BCUT2D eigenvalue weighted by atomic mass is 10.1. The van der Waals surface area contributed by atoms with E-state index in [0.29, 0.717) is 0 Å². The highest BCUT2D eigenvalue weighted by atomic mass is 19.1. The van der Waals surface area contributed by atoms with Crippen molar-refractivity contribution in [3.8, 4) is 0 Å². The Morgan fingerprint density at radius 1 is 1.25 bits per heavy atom. The van der Waals surface area contributed by atoms with E-state index in [1.54, 1.807) is 0 Å². The summed E-state index contributed by atoms with van der Waals surface area (Å²) < 4.78 is 30.6. The molecule has 1 amide bonds. The van der Waals surface area contributed by atoms with Gasteiger partial charge in [0.2, 0.25) is 0 Å². The predicted octanol–water partition coefficient (Wildman–Crippen LogP) is 1.14. The molecule has 1 aliphatic heterocycles. The smallest absolute Gasteiger partial charge is 0.375 e. The number of benzene rings is 1. The Morgan fingerprint density at radius 2 is 1.88 bits per heavy atom. The third kappa shape index (κ3) is 1.86. The van der Waals surface area contributed by atoms with Crippen molar-refractivity contribution >= 4 is 12.1 Å². The number of hydrogen-bond acceptors (Lipinski definition) is 3. The molecule has 1 saturated heterocycles. The number of esters is 1. The van der Waals surface area contributed by atoms with Crippen molar-refractivity contribution in [1.82, 2.24) is 5.32 Å². The van der Waals surface area contributed by atoms with E-state index in [4.69, 9.17) is 0 Å². The standard InChI is InChI=1S/C10H7F2NO3/c11-6-2-1-3-7(12)5(6)4-8-9(14)16-10(15)13-8/h1-3,8H,4H2,(H,13,15). The van der Waals surface area contributed by atoms with Crippen LogP contribution in [0.25, 0.3) is 0 Å². The Bertz CT molecular complexity index is 441. The van der Waals surface area contributed by atoms with E-state index in [1.165, 1.54) is 6.07 Å². The zero-order valence-electron chi connectivity index (χ0n) is 8.00. The van der Waals surface area contributed by atoms with Gasteiger partial charge in [0.1, 0.15) is 17.7 Å². The highest BCUT2D eigenvalue weighted by Gasteiger charge is 2.33. The fourth-order valence-electron chi connectivity index (χ4n) is 1.46. The molecule has 1 heterocycles. The van der Waals surface area contributed by atoms with E-state index in [2.05, 4.69) is 10.1 Å². The average molecular weight is 227 g/mol. The van der Waals surface area contributed by atoms with Crippen LogP contribution in [0.5, 0.6) is 0 Å². The van der Waals surface area contributed by atoms with Gasteiger partial charge in [0, 0.05) is 12.0 Å². The van der Waals surface area contributed by atoms with Gasteiger partial charge in [0.05, 0.1) is 0 Å². The minimum Gasteiger partial charge on any atom is -0.375 e. The van der Waals surface area contributed by atoms with Gasteiger partial charge in [-0.15, -0.1) is 0 Å². The first-order valence-corrected chi connectivity index (χ1v) is 4.53. The van der Waals surface area contributed by atoms with Crippen LogP contribution < -0.4 is 5.32 Å². The SMILES string of the molecule is O=C1NC(Cc2c(F)cccc2F)C(=O)O1. The first-order valence-electron chi connectivity index (χ1n) is 4.53. The molecule has 1 N–H and O–H groups in total. The number of amides is 1. The molecule has 1 aromatic rings. The second kappa shape index (κ2) is 3.88. The summed E-state index contributed by atoms with van der Waals surface area (Å²) in [7, 11) is 0. The van der Waals surface area contributed by atoms with Gasteiger partial charge in [0.25, 0.3) is 0 Å². The molecule has 1 atom stereocenters. The Hall–Kier alpha value is -1.98.